The van der Waals surface area contributed by atoms with Crippen molar-refractivity contribution in [1.29, 1.82) is 0 Å². The lowest BCUT2D eigenvalue weighted by Crippen LogP contribution is -2.11. The quantitative estimate of drug-likeness (QED) is 0.161. The maximum absolute atomic E-state index is 2.45. The Morgan fingerprint density at radius 3 is 1.75 bits per heavy atom. The highest BCUT2D eigenvalue weighted by Crippen LogP contribution is 2.45. The molecule has 1 aromatic heterocycles. The van der Waals surface area contributed by atoms with Gasteiger partial charge in [-0.05, 0) is 86.9 Å². The summed E-state index contributed by atoms with van der Waals surface area (Å²) in [6.45, 7) is 0. The van der Waals surface area contributed by atoms with Gasteiger partial charge in [0.15, 0.2) is 0 Å². The van der Waals surface area contributed by atoms with Crippen molar-refractivity contribution in [3.05, 3.63) is 206 Å². The van der Waals surface area contributed by atoms with Crippen molar-refractivity contribution in [3.63, 3.8) is 0 Å². The average Bonchev–Trinajstić information content (AvgIpc) is 3.56. The maximum atomic E-state index is 2.45. The highest BCUT2D eigenvalue weighted by molar-refractivity contribution is 6.18. The first kappa shape index (κ1) is 30.0. The zero-order valence-corrected chi connectivity index (χ0v) is 28.5. The summed E-state index contributed by atoms with van der Waals surface area (Å²) in [6, 6.07) is 74.7. The Morgan fingerprint density at radius 2 is 0.962 bits per heavy atom. The molecule has 244 valence electrons. The van der Waals surface area contributed by atoms with Crippen molar-refractivity contribution in [2.75, 3.05) is 4.90 Å². The molecule has 0 N–H and O–H groups in total. The van der Waals surface area contributed by atoms with Crippen LogP contribution in [0.4, 0.5) is 17.1 Å². The number of para-hydroxylation sites is 1. The van der Waals surface area contributed by atoms with Crippen LogP contribution in [-0.4, -0.2) is 4.57 Å². The molecule has 0 aliphatic heterocycles. The van der Waals surface area contributed by atoms with Gasteiger partial charge in [0.05, 0.1) is 16.7 Å². The maximum Gasteiger partial charge on any atom is 0.0562 e. The molecule has 0 atom stereocenters. The number of nitrogens with zero attached hydrogens (tertiary/aromatic N) is 2. The molecule has 0 aliphatic rings. The Hall–Kier alpha value is -6.90. The van der Waals surface area contributed by atoms with Crippen LogP contribution in [0.25, 0.3) is 71.3 Å². The summed E-state index contributed by atoms with van der Waals surface area (Å²) in [4.78, 5) is 2.45. The van der Waals surface area contributed by atoms with Gasteiger partial charge in [0, 0.05) is 33.2 Å². The van der Waals surface area contributed by atoms with Crippen LogP contribution in [0, 0.1) is 0 Å². The van der Waals surface area contributed by atoms with Gasteiger partial charge in [-0.1, -0.05) is 158 Å². The molecule has 0 saturated carbocycles. The summed E-state index contributed by atoms with van der Waals surface area (Å²) < 4.78 is 2.43. The molecule has 2 nitrogen and oxygen atoms in total. The molecule has 1 heterocycles. The Labute approximate surface area is 303 Å². The van der Waals surface area contributed by atoms with Crippen molar-refractivity contribution < 1.29 is 0 Å². The topological polar surface area (TPSA) is 8.17 Å². The molecule has 0 saturated heterocycles. The Bertz CT molecular complexity index is 2890. The van der Waals surface area contributed by atoms with E-state index in [1.165, 1.54) is 60.1 Å². The van der Waals surface area contributed by atoms with Crippen molar-refractivity contribution in [2.24, 2.45) is 0 Å². The number of benzene rings is 9. The van der Waals surface area contributed by atoms with Gasteiger partial charge in [0.2, 0.25) is 0 Å². The first-order chi connectivity index (χ1) is 25.8. The average molecular weight is 663 g/mol. The lowest BCUT2D eigenvalue weighted by atomic mass is 9.98. The van der Waals surface area contributed by atoms with Crippen molar-refractivity contribution in [2.45, 2.75) is 0 Å². The fraction of sp³-hybridized carbons (Fsp3) is 0. The third-order valence-electron chi connectivity index (χ3n) is 10.3. The normalized spacial score (nSPS) is 11.5. The van der Waals surface area contributed by atoms with Gasteiger partial charge in [0.25, 0.3) is 0 Å². The lowest BCUT2D eigenvalue weighted by molar-refractivity contribution is 1.18. The van der Waals surface area contributed by atoms with E-state index in [4.69, 9.17) is 0 Å². The van der Waals surface area contributed by atoms with E-state index in [1.54, 1.807) is 0 Å². The van der Waals surface area contributed by atoms with Gasteiger partial charge in [-0.15, -0.1) is 0 Å². The number of hydrogen-bond acceptors (Lipinski definition) is 1. The summed E-state index contributed by atoms with van der Waals surface area (Å²) in [5, 5.41) is 7.41. The second-order valence-corrected chi connectivity index (χ2v) is 13.4. The first-order valence-electron chi connectivity index (χ1n) is 17.9. The fourth-order valence-corrected chi connectivity index (χ4v) is 8.01. The van der Waals surface area contributed by atoms with Gasteiger partial charge in [-0.2, -0.15) is 0 Å². The molecule has 2 heteroatoms. The predicted molar refractivity (Wildman–Crippen MR) is 221 cm³/mol. The molecule has 0 bridgehead atoms. The van der Waals surface area contributed by atoms with E-state index < -0.39 is 0 Å². The molecule has 0 spiro atoms. The number of hydrogen-bond donors (Lipinski definition) is 0. The van der Waals surface area contributed by atoms with Crippen LogP contribution >= 0.6 is 0 Å². The van der Waals surface area contributed by atoms with Gasteiger partial charge in [-0.25, -0.2) is 0 Å². The standard InChI is InChI=1S/C50H34N2/c1-4-16-35(17-5-1)37-21-14-24-40(32-37)51(48-33-38-20-10-11-25-42(38)44-26-12-13-27-45(44)48)41-30-31-46-49(34-41)52(39-22-8-3-9-23-39)47-29-15-28-43(50(46)47)36-18-6-2-7-19-36/h1-34H. The van der Waals surface area contributed by atoms with Crippen LogP contribution in [0.15, 0.2) is 206 Å². The van der Waals surface area contributed by atoms with Gasteiger partial charge in [0.1, 0.15) is 0 Å². The van der Waals surface area contributed by atoms with Crippen LogP contribution in [0.3, 0.4) is 0 Å². The van der Waals surface area contributed by atoms with Crippen molar-refractivity contribution >= 4 is 60.4 Å². The summed E-state index contributed by atoms with van der Waals surface area (Å²) >= 11 is 0. The van der Waals surface area contributed by atoms with Gasteiger partial charge < -0.3 is 9.47 Å². The fourth-order valence-electron chi connectivity index (χ4n) is 8.01. The minimum Gasteiger partial charge on any atom is -0.310 e. The Morgan fingerprint density at radius 1 is 0.346 bits per heavy atom. The summed E-state index contributed by atoms with van der Waals surface area (Å²) in [5.74, 6) is 0. The number of fused-ring (bicyclic) bond motifs is 6. The van der Waals surface area contributed by atoms with E-state index in [1.807, 2.05) is 0 Å². The summed E-state index contributed by atoms with van der Waals surface area (Å²) in [5.41, 5.74) is 11.7. The lowest BCUT2D eigenvalue weighted by Gasteiger charge is -2.28. The molecule has 0 fully saturated rings. The van der Waals surface area contributed by atoms with Gasteiger partial charge >= 0.3 is 0 Å². The van der Waals surface area contributed by atoms with E-state index in [9.17, 15) is 0 Å². The van der Waals surface area contributed by atoms with Crippen LogP contribution in [0.5, 0.6) is 0 Å². The molecular weight excluding hydrogens is 629 g/mol. The second-order valence-electron chi connectivity index (χ2n) is 13.4. The zero-order chi connectivity index (χ0) is 34.4. The van der Waals surface area contributed by atoms with Crippen molar-refractivity contribution in [3.8, 4) is 27.9 Å². The number of rotatable bonds is 6. The highest BCUT2D eigenvalue weighted by Gasteiger charge is 2.21. The Balaban J connectivity index is 1.29. The predicted octanol–water partition coefficient (Wildman–Crippen LogP) is 13.9. The minimum absolute atomic E-state index is 1.10. The Kier molecular flexibility index (Phi) is 7.18. The molecule has 10 rings (SSSR count). The third kappa shape index (κ3) is 4.96. The SMILES string of the molecule is c1ccc(-c2cccc(N(c3ccc4c5c(-c6ccccc6)cccc5n(-c5ccccc5)c4c3)c3cc4ccccc4c4ccccc34)c2)cc1. The van der Waals surface area contributed by atoms with E-state index in [0.717, 1.165) is 28.3 Å². The van der Waals surface area contributed by atoms with E-state index in [-0.39, 0.29) is 0 Å². The van der Waals surface area contributed by atoms with Crippen LogP contribution < -0.4 is 4.90 Å². The molecular formula is C50H34N2. The summed E-state index contributed by atoms with van der Waals surface area (Å²) in [7, 11) is 0. The molecule has 0 radical (unpaired) electrons. The van der Waals surface area contributed by atoms with Crippen molar-refractivity contribution in [1.82, 2.24) is 4.57 Å². The summed E-state index contributed by atoms with van der Waals surface area (Å²) in [6.07, 6.45) is 0. The third-order valence-corrected chi connectivity index (χ3v) is 10.3. The van der Waals surface area contributed by atoms with Crippen LogP contribution in [0.1, 0.15) is 0 Å². The molecule has 0 unspecified atom stereocenters. The minimum atomic E-state index is 1.10. The monoisotopic (exact) mass is 662 g/mol. The number of anilines is 3. The van der Waals surface area contributed by atoms with Crippen LogP contribution in [-0.2, 0) is 0 Å². The molecule has 10 aromatic rings. The number of aromatic nitrogens is 1. The molecule has 52 heavy (non-hydrogen) atoms. The molecule has 0 amide bonds. The van der Waals surface area contributed by atoms with Gasteiger partial charge in [-0.3, -0.25) is 0 Å². The zero-order valence-electron chi connectivity index (χ0n) is 28.5. The highest BCUT2D eigenvalue weighted by atomic mass is 15.1. The van der Waals surface area contributed by atoms with E-state index in [2.05, 4.69) is 216 Å². The van der Waals surface area contributed by atoms with E-state index in [0.29, 0.717) is 0 Å². The smallest absolute Gasteiger partial charge is 0.0562 e. The second kappa shape index (κ2) is 12.5. The van der Waals surface area contributed by atoms with E-state index >= 15 is 0 Å². The van der Waals surface area contributed by atoms with Crippen LogP contribution in [0.2, 0.25) is 0 Å². The molecule has 0 aliphatic carbocycles. The first-order valence-corrected chi connectivity index (χ1v) is 17.9. The molecule has 9 aromatic carbocycles. The largest absolute Gasteiger partial charge is 0.310 e.